The Morgan fingerprint density at radius 1 is 1.58 bits per heavy atom. The Balaban J connectivity index is 2.22. The van der Waals surface area contributed by atoms with E-state index in [9.17, 15) is 14.4 Å². The molecule has 102 valence electrons. The molecule has 1 fully saturated rings. The van der Waals surface area contributed by atoms with Crippen molar-refractivity contribution in [3.63, 3.8) is 0 Å². The Labute approximate surface area is 111 Å². The Morgan fingerprint density at radius 2 is 2.32 bits per heavy atom. The van der Waals surface area contributed by atoms with Gasteiger partial charge in [0.2, 0.25) is 11.8 Å². The van der Waals surface area contributed by atoms with E-state index in [-0.39, 0.29) is 30.4 Å². The van der Waals surface area contributed by atoms with Crippen molar-refractivity contribution < 1.29 is 19.1 Å². The van der Waals surface area contributed by atoms with Gasteiger partial charge < -0.3 is 4.74 Å². The lowest BCUT2D eigenvalue weighted by atomic mass is 9.67. The zero-order valence-electron chi connectivity index (χ0n) is 10.9. The van der Waals surface area contributed by atoms with Crippen LogP contribution in [0, 0.1) is 11.3 Å². The van der Waals surface area contributed by atoms with Crippen LogP contribution in [-0.2, 0) is 19.1 Å². The third-order valence-electron chi connectivity index (χ3n) is 3.75. The highest BCUT2D eigenvalue weighted by Crippen LogP contribution is 2.46. The molecule has 0 aromatic carbocycles. The maximum atomic E-state index is 12.1. The van der Waals surface area contributed by atoms with Gasteiger partial charge in [-0.3, -0.25) is 14.9 Å². The number of amides is 2. The van der Waals surface area contributed by atoms with Crippen molar-refractivity contribution in [1.29, 1.82) is 0 Å². The fourth-order valence-electron chi connectivity index (χ4n) is 2.78. The van der Waals surface area contributed by atoms with Crippen LogP contribution in [0.25, 0.3) is 0 Å². The minimum absolute atomic E-state index is 0.165. The lowest BCUT2D eigenvalue weighted by Crippen LogP contribution is -2.37. The van der Waals surface area contributed by atoms with Crippen LogP contribution in [0.2, 0.25) is 0 Å². The first kappa shape index (κ1) is 13.5. The van der Waals surface area contributed by atoms with E-state index >= 15 is 0 Å². The van der Waals surface area contributed by atoms with E-state index in [1.54, 1.807) is 13.0 Å². The van der Waals surface area contributed by atoms with Gasteiger partial charge in [0.25, 0.3) is 0 Å². The standard InChI is InChI=1S/C14H17NO4/c1-3-19-12(17)9(2)8-14-7-5-4-6-10(14)11(16)15-13(14)18/h4,6,10H,2-3,5,7-8H2,1H3,(H,15,16,18). The lowest BCUT2D eigenvalue weighted by Gasteiger charge is -2.32. The van der Waals surface area contributed by atoms with Gasteiger partial charge in [-0.05, 0) is 26.2 Å². The Morgan fingerprint density at radius 3 is 3.00 bits per heavy atom. The summed E-state index contributed by atoms with van der Waals surface area (Å²) in [6.45, 7) is 5.67. The largest absolute Gasteiger partial charge is 0.463 e. The molecule has 0 spiro atoms. The Hall–Kier alpha value is -1.91. The first-order valence-corrected chi connectivity index (χ1v) is 6.38. The summed E-state index contributed by atoms with van der Waals surface area (Å²) < 4.78 is 4.88. The second-order valence-corrected chi connectivity index (χ2v) is 4.92. The van der Waals surface area contributed by atoms with E-state index in [4.69, 9.17) is 4.74 Å². The SMILES string of the molecule is C=C(CC12CCC=CC1C(=O)NC2=O)C(=O)OCC. The number of fused-ring (bicyclic) bond motifs is 1. The van der Waals surface area contributed by atoms with Crippen molar-refractivity contribution in [2.75, 3.05) is 6.61 Å². The summed E-state index contributed by atoms with van der Waals surface area (Å²) in [6, 6.07) is 0. The van der Waals surface area contributed by atoms with Crippen LogP contribution in [0.15, 0.2) is 24.3 Å². The van der Waals surface area contributed by atoms with Gasteiger partial charge in [0.15, 0.2) is 0 Å². The summed E-state index contributed by atoms with van der Waals surface area (Å²) in [7, 11) is 0. The van der Waals surface area contributed by atoms with Crippen molar-refractivity contribution in [3.8, 4) is 0 Å². The first-order chi connectivity index (χ1) is 9.01. The molecular formula is C14H17NO4. The number of ether oxygens (including phenoxy) is 1. The normalized spacial score (nSPS) is 28.8. The molecule has 2 atom stereocenters. The first-order valence-electron chi connectivity index (χ1n) is 6.38. The Bertz CT molecular complexity index is 480. The average Bonchev–Trinajstić information content (AvgIpc) is 2.62. The number of hydrogen-bond donors (Lipinski definition) is 1. The van der Waals surface area contributed by atoms with Gasteiger partial charge in [-0.2, -0.15) is 0 Å². The summed E-state index contributed by atoms with van der Waals surface area (Å²) in [5.41, 5.74) is -0.623. The lowest BCUT2D eigenvalue weighted by molar-refractivity contribution is -0.139. The summed E-state index contributed by atoms with van der Waals surface area (Å²) in [5, 5.41) is 2.35. The van der Waals surface area contributed by atoms with Gasteiger partial charge in [0.05, 0.1) is 17.9 Å². The number of allylic oxidation sites excluding steroid dienone is 1. The van der Waals surface area contributed by atoms with Crippen LogP contribution in [0.5, 0.6) is 0 Å². The van der Waals surface area contributed by atoms with Gasteiger partial charge in [-0.1, -0.05) is 18.7 Å². The summed E-state index contributed by atoms with van der Waals surface area (Å²) in [5.74, 6) is -1.60. The highest BCUT2D eigenvalue weighted by atomic mass is 16.5. The number of esters is 1. The van der Waals surface area contributed by atoms with E-state index in [0.29, 0.717) is 12.8 Å². The van der Waals surface area contributed by atoms with Crippen molar-refractivity contribution >= 4 is 17.8 Å². The third-order valence-corrected chi connectivity index (χ3v) is 3.75. The molecule has 1 saturated heterocycles. The van der Waals surface area contributed by atoms with Crippen LogP contribution >= 0.6 is 0 Å². The summed E-state index contributed by atoms with van der Waals surface area (Å²) in [4.78, 5) is 35.5. The molecule has 5 nitrogen and oxygen atoms in total. The third kappa shape index (κ3) is 2.20. The number of carbonyl (C=O) groups excluding carboxylic acids is 3. The molecule has 2 amide bonds. The van der Waals surface area contributed by atoms with E-state index in [1.807, 2.05) is 6.08 Å². The Kier molecular flexibility index (Phi) is 3.55. The number of imide groups is 1. The molecular weight excluding hydrogens is 246 g/mol. The minimum Gasteiger partial charge on any atom is -0.463 e. The van der Waals surface area contributed by atoms with Gasteiger partial charge in [-0.25, -0.2) is 4.79 Å². The molecule has 1 aliphatic heterocycles. The molecule has 2 aliphatic rings. The topological polar surface area (TPSA) is 72.5 Å². The minimum atomic E-state index is -0.865. The summed E-state index contributed by atoms with van der Waals surface area (Å²) in [6.07, 6.45) is 5.08. The fraction of sp³-hybridized carbons (Fsp3) is 0.500. The molecule has 1 heterocycles. The van der Waals surface area contributed by atoms with E-state index in [2.05, 4.69) is 11.9 Å². The monoisotopic (exact) mass is 263 g/mol. The smallest absolute Gasteiger partial charge is 0.333 e. The fourth-order valence-corrected chi connectivity index (χ4v) is 2.78. The van der Waals surface area contributed by atoms with Crippen LogP contribution in [0.1, 0.15) is 26.2 Å². The number of hydrogen-bond acceptors (Lipinski definition) is 4. The molecule has 5 heteroatoms. The van der Waals surface area contributed by atoms with E-state index in [1.165, 1.54) is 0 Å². The predicted molar refractivity (Wildman–Crippen MR) is 67.8 cm³/mol. The van der Waals surface area contributed by atoms with Gasteiger partial charge >= 0.3 is 5.97 Å². The van der Waals surface area contributed by atoms with Crippen LogP contribution in [0.3, 0.4) is 0 Å². The molecule has 1 N–H and O–H groups in total. The van der Waals surface area contributed by atoms with Crippen molar-refractivity contribution in [2.24, 2.45) is 11.3 Å². The van der Waals surface area contributed by atoms with Crippen LogP contribution in [0.4, 0.5) is 0 Å². The quantitative estimate of drug-likeness (QED) is 0.357. The van der Waals surface area contributed by atoms with Gasteiger partial charge in [-0.15, -0.1) is 0 Å². The van der Waals surface area contributed by atoms with Crippen LogP contribution in [-0.4, -0.2) is 24.4 Å². The molecule has 0 aromatic rings. The van der Waals surface area contributed by atoms with Crippen molar-refractivity contribution in [1.82, 2.24) is 5.32 Å². The molecule has 0 saturated carbocycles. The maximum Gasteiger partial charge on any atom is 0.333 e. The van der Waals surface area contributed by atoms with Crippen LogP contribution < -0.4 is 5.32 Å². The van der Waals surface area contributed by atoms with Crippen molar-refractivity contribution in [2.45, 2.75) is 26.2 Å². The molecule has 1 aliphatic carbocycles. The number of carbonyl (C=O) groups is 3. The molecule has 0 aromatic heterocycles. The molecule has 0 radical (unpaired) electrons. The van der Waals surface area contributed by atoms with Gasteiger partial charge in [0, 0.05) is 5.57 Å². The highest BCUT2D eigenvalue weighted by molar-refractivity contribution is 6.09. The zero-order chi connectivity index (χ0) is 14.0. The van der Waals surface area contributed by atoms with E-state index < -0.39 is 17.3 Å². The second-order valence-electron chi connectivity index (χ2n) is 4.92. The predicted octanol–water partition coefficient (Wildman–Crippen LogP) is 1.10. The average molecular weight is 263 g/mol. The number of rotatable bonds is 4. The molecule has 2 unspecified atom stereocenters. The highest BCUT2D eigenvalue weighted by Gasteiger charge is 2.54. The molecule has 0 bridgehead atoms. The molecule has 2 rings (SSSR count). The van der Waals surface area contributed by atoms with E-state index in [0.717, 1.165) is 0 Å². The number of nitrogens with one attached hydrogen (secondary N) is 1. The maximum absolute atomic E-state index is 12.1. The molecule has 19 heavy (non-hydrogen) atoms. The van der Waals surface area contributed by atoms with Gasteiger partial charge in [0.1, 0.15) is 0 Å². The summed E-state index contributed by atoms with van der Waals surface area (Å²) >= 11 is 0. The second kappa shape index (κ2) is 4.99. The zero-order valence-corrected chi connectivity index (χ0v) is 10.9. The van der Waals surface area contributed by atoms with Crippen molar-refractivity contribution in [3.05, 3.63) is 24.3 Å².